The smallest absolute Gasteiger partial charge is 0.253 e. The van der Waals surface area contributed by atoms with Gasteiger partial charge in [-0.05, 0) is 48.4 Å². The monoisotopic (exact) mass is 460 g/mol. The van der Waals surface area contributed by atoms with E-state index in [0.717, 1.165) is 11.8 Å². The maximum Gasteiger partial charge on any atom is 0.253 e. The first-order valence-corrected chi connectivity index (χ1v) is 10.7. The number of thioether (sulfide) groups is 1. The molecule has 172 valence electrons. The lowest BCUT2D eigenvalue weighted by Gasteiger charge is -2.18. The number of benzene rings is 2. The van der Waals surface area contributed by atoms with Gasteiger partial charge in [0, 0.05) is 4.90 Å². The van der Waals surface area contributed by atoms with Gasteiger partial charge in [0.25, 0.3) is 5.91 Å². The molecule has 3 N–H and O–H groups in total. The van der Waals surface area contributed by atoms with Crippen LogP contribution in [0.1, 0.15) is 41.0 Å². The molecule has 0 unspecified atom stereocenters. The van der Waals surface area contributed by atoms with Crippen LogP contribution in [0.25, 0.3) is 0 Å². The molecular formula is C23H28N2O6S. The Balaban J connectivity index is 2.33. The zero-order chi connectivity index (χ0) is 23.8. The highest BCUT2D eigenvalue weighted by atomic mass is 32.2. The number of methoxy groups -OCH3 is 3. The number of nitrogens with two attached hydrogens (primary N) is 1. The summed E-state index contributed by atoms with van der Waals surface area (Å²) in [5, 5.41) is 2.32. The van der Waals surface area contributed by atoms with Crippen LogP contribution in [-0.4, -0.2) is 44.3 Å². The van der Waals surface area contributed by atoms with Crippen molar-refractivity contribution in [3.63, 3.8) is 0 Å². The molecule has 0 saturated heterocycles. The Morgan fingerprint density at radius 3 is 2.16 bits per heavy atom. The zero-order valence-electron chi connectivity index (χ0n) is 18.8. The summed E-state index contributed by atoms with van der Waals surface area (Å²) in [4.78, 5) is 38.2. The summed E-state index contributed by atoms with van der Waals surface area (Å²) in [5.74, 6) is 0.0280. The van der Waals surface area contributed by atoms with E-state index in [1.54, 1.807) is 36.4 Å². The quantitative estimate of drug-likeness (QED) is 0.523. The molecule has 0 heterocycles. The predicted octanol–water partition coefficient (Wildman–Crippen LogP) is 3.27. The van der Waals surface area contributed by atoms with Crippen LogP contribution in [0.15, 0.2) is 41.3 Å². The van der Waals surface area contributed by atoms with E-state index in [2.05, 4.69) is 5.32 Å². The predicted molar refractivity (Wildman–Crippen MR) is 123 cm³/mol. The number of hydrogen-bond acceptors (Lipinski definition) is 7. The fraction of sp³-hybridized carbons (Fsp3) is 0.348. The lowest BCUT2D eigenvalue weighted by Crippen LogP contribution is -2.45. The van der Waals surface area contributed by atoms with Crippen molar-refractivity contribution in [2.24, 2.45) is 11.7 Å². The molecule has 0 spiro atoms. The lowest BCUT2D eigenvalue weighted by molar-refractivity contribution is -0.120. The van der Waals surface area contributed by atoms with Crippen molar-refractivity contribution in [2.45, 2.75) is 31.2 Å². The molecule has 0 bridgehead atoms. The lowest BCUT2D eigenvalue weighted by atomic mass is 10.0. The summed E-state index contributed by atoms with van der Waals surface area (Å²) in [6.45, 7) is 3.86. The van der Waals surface area contributed by atoms with Crippen molar-refractivity contribution >= 4 is 28.7 Å². The molecule has 0 saturated carbocycles. The van der Waals surface area contributed by atoms with Gasteiger partial charge in [-0.1, -0.05) is 26.0 Å². The molecule has 2 amide bonds. The van der Waals surface area contributed by atoms with Crippen molar-refractivity contribution in [3.8, 4) is 17.2 Å². The average Bonchev–Trinajstić information content (AvgIpc) is 2.77. The van der Waals surface area contributed by atoms with Gasteiger partial charge >= 0.3 is 0 Å². The number of carbonyl (C=O) groups excluding carboxylic acids is 3. The molecule has 0 aliphatic heterocycles. The fourth-order valence-electron chi connectivity index (χ4n) is 3.11. The second-order valence-electron chi connectivity index (χ2n) is 7.33. The van der Waals surface area contributed by atoms with Crippen LogP contribution in [0.2, 0.25) is 0 Å². The van der Waals surface area contributed by atoms with Crippen LogP contribution in [0.3, 0.4) is 0 Å². The first-order chi connectivity index (χ1) is 15.2. The Hall–Kier alpha value is -3.20. The average molecular weight is 461 g/mol. The summed E-state index contributed by atoms with van der Waals surface area (Å²) in [5.41, 5.74) is 5.97. The van der Waals surface area contributed by atoms with Crippen molar-refractivity contribution in [1.82, 2.24) is 5.32 Å². The van der Waals surface area contributed by atoms with Gasteiger partial charge in [0.15, 0.2) is 11.5 Å². The second kappa shape index (κ2) is 11.4. The van der Waals surface area contributed by atoms with Gasteiger partial charge in [0.05, 0.1) is 32.5 Å². The number of carbonyl (C=O) groups is 3. The first kappa shape index (κ1) is 25.1. The Kier molecular flexibility index (Phi) is 8.95. The molecule has 1 atom stereocenters. The molecule has 0 aliphatic carbocycles. The molecule has 2 rings (SSSR count). The minimum Gasteiger partial charge on any atom is -0.493 e. The van der Waals surface area contributed by atoms with E-state index >= 15 is 0 Å². The molecule has 2 aromatic rings. The standard InChI is InChI=1S/C23H28N2O6S/c1-13(2)12-16(21(24)26)25-22(27)14-8-6-7-9-18(14)32-23(28)15-10-11-17(29-3)20(31-5)19(15)30-4/h6-11,13,16H,12H2,1-5H3,(H2,24,26)(H,25,27)/t16-/m0/s1. The molecule has 8 nitrogen and oxygen atoms in total. The Bertz CT molecular complexity index is 992. The summed E-state index contributed by atoms with van der Waals surface area (Å²) in [6, 6.07) is 9.03. The maximum absolute atomic E-state index is 13.1. The van der Waals surface area contributed by atoms with Crippen LogP contribution in [0, 0.1) is 5.92 Å². The number of amides is 2. The summed E-state index contributed by atoms with van der Waals surface area (Å²) in [6.07, 6.45) is 0.415. The number of ether oxygens (including phenoxy) is 3. The van der Waals surface area contributed by atoms with Crippen molar-refractivity contribution < 1.29 is 28.6 Å². The molecule has 0 fully saturated rings. The second-order valence-corrected chi connectivity index (χ2v) is 8.34. The highest BCUT2D eigenvalue weighted by molar-refractivity contribution is 8.14. The molecule has 9 heteroatoms. The molecule has 0 aliphatic rings. The molecule has 0 radical (unpaired) electrons. The highest BCUT2D eigenvalue weighted by Crippen LogP contribution is 2.42. The van der Waals surface area contributed by atoms with Crippen LogP contribution in [0.5, 0.6) is 17.2 Å². The van der Waals surface area contributed by atoms with Gasteiger partial charge in [0.1, 0.15) is 6.04 Å². The summed E-state index contributed by atoms with van der Waals surface area (Å²) in [7, 11) is 4.37. The third kappa shape index (κ3) is 5.94. The van der Waals surface area contributed by atoms with E-state index in [-0.39, 0.29) is 27.9 Å². The van der Waals surface area contributed by atoms with Gasteiger partial charge in [-0.15, -0.1) is 0 Å². The van der Waals surface area contributed by atoms with Gasteiger partial charge in [-0.2, -0.15) is 0 Å². The van der Waals surface area contributed by atoms with Crippen molar-refractivity contribution in [2.75, 3.05) is 21.3 Å². The Morgan fingerprint density at radius 2 is 1.59 bits per heavy atom. The fourth-order valence-corrected chi connectivity index (χ4v) is 4.00. The van der Waals surface area contributed by atoms with Gasteiger partial charge < -0.3 is 25.3 Å². The van der Waals surface area contributed by atoms with Crippen LogP contribution < -0.4 is 25.3 Å². The van der Waals surface area contributed by atoms with E-state index in [9.17, 15) is 14.4 Å². The largest absolute Gasteiger partial charge is 0.493 e. The maximum atomic E-state index is 13.1. The van der Waals surface area contributed by atoms with Crippen LogP contribution in [0.4, 0.5) is 0 Å². The van der Waals surface area contributed by atoms with Crippen LogP contribution in [-0.2, 0) is 4.79 Å². The summed E-state index contributed by atoms with van der Waals surface area (Å²) >= 11 is 0.871. The third-order valence-electron chi connectivity index (χ3n) is 4.61. The highest BCUT2D eigenvalue weighted by Gasteiger charge is 2.25. The van der Waals surface area contributed by atoms with Gasteiger partial charge in [-0.25, -0.2) is 0 Å². The first-order valence-electron chi connectivity index (χ1n) is 9.93. The zero-order valence-corrected chi connectivity index (χ0v) is 19.6. The molecular weight excluding hydrogens is 432 g/mol. The Morgan fingerprint density at radius 1 is 0.938 bits per heavy atom. The molecule has 32 heavy (non-hydrogen) atoms. The summed E-state index contributed by atoms with van der Waals surface area (Å²) < 4.78 is 16.0. The van der Waals surface area contributed by atoms with Gasteiger partial charge in [-0.3, -0.25) is 14.4 Å². The SMILES string of the molecule is COc1ccc(C(=O)Sc2ccccc2C(=O)N[C@@H](CC(C)C)C(N)=O)c(OC)c1OC. The minimum atomic E-state index is -0.804. The number of primary amides is 1. The number of hydrogen-bond donors (Lipinski definition) is 2. The van der Waals surface area contributed by atoms with Crippen molar-refractivity contribution in [3.05, 3.63) is 47.5 Å². The van der Waals surface area contributed by atoms with E-state index < -0.39 is 17.9 Å². The Labute approximate surface area is 191 Å². The number of rotatable bonds is 10. The van der Waals surface area contributed by atoms with Gasteiger partial charge in [0.2, 0.25) is 16.8 Å². The normalized spacial score (nSPS) is 11.6. The topological polar surface area (TPSA) is 117 Å². The van der Waals surface area contributed by atoms with Crippen LogP contribution >= 0.6 is 11.8 Å². The molecule has 0 aromatic heterocycles. The van der Waals surface area contributed by atoms with E-state index in [0.29, 0.717) is 22.8 Å². The van der Waals surface area contributed by atoms with E-state index in [1.165, 1.54) is 21.3 Å². The number of nitrogens with one attached hydrogen (secondary N) is 1. The van der Waals surface area contributed by atoms with E-state index in [4.69, 9.17) is 19.9 Å². The third-order valence-corrected chi connectivity index (χ3v) is 5.60. The minimum absolute atomic E-state index is 0.163. The van der Waals surface area contributed by atoms with Crippen molar-refractivity contribution in [1.29, 1.82) is 0 Å². The van der Waals surface area contributed by atoms with E-state index in [1.807, 2.05) is 13.8 Å². The molecule has 2 aromatic carbocycles.